The maximum Gasteiger partial charge on any atom is 0.224 e. The van der Waals surface area contributed by atoms with Crippen molar-refractivity contribution in [3.8, 4) is 11.6 Å². The van der Waals surface area contributed by atoms with Gasteiger partial charge in [-0.3, -0.25) is 4.79 Å². The summed E-state index contributed by atoms with van der Waals surface area (Å²) in [5.74, 6) is 1.54. The van der Waals surface area contributed by atoms with Crippen LogP contribution in [0.5, 0.6) is 11.6 Å². The van der Waals surface area contributed by atoms with E-state index in [1.165, 1.54) is 6.33 Å². The van der Waals surface area contributed by atoms with Gasteiger partial charge in [-0.1, -0.05) is 6.42 Å². The van der Waals surface area contributed by atoms with Crippen LogP contribution in [0.15, 0.2) is 24.5 Å². The quantitative estimate of drug-likeness (QED) is 0.865. The molecule has 0 bridgehead atoms. The molecule has 2 aromatic rings. The van der Waals surface area contributed by atoms with Crippen molar-refractivity contribution in [3.05, 3.63) is 24.5 Å². The molecule has 110 valence electrons. The Bertz CT molecular complexity index is 657. The lowest BCUT2D eigenvalue weighted by Crippen LogP contribution is -2.25. The summed E-state index contributed by atoms with van der Waals surface area (Å²) in [6.45, 7) is 0.391. The van der Waals surface area contributed by atoms with E-state index in [9.17, 15) is 4.79 Å². The molecule has 5 nitrogen and oxygen atoms in total. The van der Waals surface area contributed by atoms with Crippen molar-refractivity contribution in [2.45, 2.75) is 25.7 Å². The first-order valence-electron chi connectivity index (χ1n) is 7.22. The van der Waals surface area contributed by atoms with Gasteiger partial charge >= 0.3 is 0 Å². The lowest BCUT2D eigenvalue weighted by molar-refractivity contribution is -0.125. The van der Waals surface area contributed by atoms with Gasteiger partial charge in [0.1, 0.15) is 17.9 Å². The maximum atomic E-state index is 11.8. The van der Waals surface area contributed by atoms with E-state index in [1.54, 1.807) is 7.11 Å². The van der Waals surface area contributed by atoms with E-state index in [2.05, 4.69) is 9.97 Å². The van der Waals surface area contributed by atoms with Crippen LogP contribution < -0.4 is 9.47 Å². The van der Waals surface area contributed by atoms with Crippen LogP contribution in [0.2, 0.25) is 0 Å². The molecular formula is C16H18N2O3. The molecular weight excluding hydrogens is 268 g/mol. The number of hydrogen-bond acceptors (Lipinski definition) is 5. The van der Waals surface area contributed by atoms with Crippen LogP contribution in [0.3, 0.4) is 0 Å². The van der Waals surface area contributed by atoms with Crippen molar-refractivity contribution in [2.24, 2.45) is 5.92 Å². The molecule has 1 aromatic carbocycles. The molecule has 1 fully saturated rings. The monoisotopic (exact) mass is 286 g/mol. The second-order valence-electron chi connectivity index (χ2n) is 5.28. The van der Waals surface area contributed by atoms with Gasteiger partial charge in [-0.2, -0.15) is 0 Å². The second-order valence-corrected chi connectivity index (χ2v) is 5.28. The van der Waals surface area contributed by atoms with E-state index in [1.807, 2.05) is 18.2 Å². The van der Waals surface area contributed by atoms with Gasteiger partial charge < -0.3 is 9.47 Å². The van der Waals surface area contributed by atoms with Gasteiger partial charge in [-0.25, -0.2) is 9.97 Å². The predicted octanol–water partition coefficient (Wildman–Crippen LogP) is 2.78. The number of ether oxygens (including phenoxy) is 2. The summed E-state index contributed by atoms with van der Waals surface area (Å²) in [6, 6.07) is 5.58. The van der Waals surface area contributed by atoms with Crippen LogP contribution in [0.4, 0.5) is 0 Å². The average Bonchev–Trinajstić information content (AvgIpc) is 2.53. The molecule has 0 radical (unpaired) electrons. The summed E-state index contributed by atoms with van der Waals surface area (Å²) < 4.78 is 11.0. The van der Waals surface area contributed by atoms with E-state index in [0.29, 0.717) is 24.7 Å². The number of benzene rings is 1. The van der Waals surface area contributed by atoms with Crippen LogP contribution in [0, 0.1) is 5.92 Å². The highest BCUT2D eigenvalue weighted by atomic mass is 16.5. The summed E-state index contributed by atoms with van der Waals surface area (Å²) in [7, 11) is 1.62. The fourth-order valence-corrected chi connectivity index (χ4v) is 2.66. The van der Waals surface area contributed by atoms with Crippen molar-refractivity contribution >= 4 is 16.7 Å². The zero-order valence-electron chi connectivity index (χ0n) is 12.0. The third kappa shape index (κ3) is 2.96. The molecule has 1 unspecified atom stereocenters. The number of carbonyl (C=O) groups excluding carboxylic acids is 1. The van der Waals surface area contributed by atoms with Gasteiger partial charge in [0.15, 0.2) is 0 Å². The molecule has 21 heavy (non-hydrogen) atoms. The summed E-state index contributed by atoms with van der Waals surface area (Å²) >= 11 is 0. The Labute approximate surface area is 123 Å². The lowest BCUT2D eigenvalue weighted by atomic mass is 9.89. The number of methoxy groups -OCH3 is 1. The van der Waals surface area contributed by atoms with Gasteiger partial charge in [0.2, 0.25) is 5.88 Å². The topological polar surface area (TPSA) is 61.3 Å². The first-order valence-corrected chi connectivity index (χ1v) is 7.22. The molecule has 1 heterocycles. The minimum Gasteiger partial charge on any atom is -0.497 e. The lowest BCUT2D eigenvalue weighted by Gasteiger charge is -2.20. The van der Waals surface area contributed by atoms with Crippen molar-refractivity contribution in [1.29, 1.82) is 0 Å². The van der Waals surface area contributed by atoms with Crippen molar-refractivity contribution in [2.75, 3.05) is 13.7 Å². The number of carbonyl (C=O) groups is 1. The molecule has 1 aliphatic carbocycles. The Kier molecular flexibility index (Phi) is 3.99. The fourth-order valence-electron chi connectivity index (χ4n) is 2.66. The maximum absolute atomic E-state index is 11.8. The predicted molar refractivity (Wildman–Crippen MR) is 78.6 cm³/mol. The summed E-state index contributed by atoms with van der Waals surface area (Å²) in [4.78, 5) is 20.3. The number of nitrogens with zero attached hydrogens (tertiary/aromatic N) is 2. The molecule has 1 saturated carbocycles. The smallest absolute Gasteiger partial charge is 0.224 e. The molecule has 3 rings (SSSR count). The summed E-state index contributed by atoms with van der Waals surface area (Å²) in [5, 5.41) is 0.806. The standard InChI is InChI=1S/C16H18N2O3/c1-20-12-6-7-14-13(8-12)16(18-10-17-14)21-9-11-4-2-3-5-15(11)19/h6-8,10-11H,2-5,9H2,1H3. The van der Waals surface area contributed by atoms with Gasteiger partial charge in [0.25, 0.3) is 0 Å². The van der Waals surface area contributed by atoms with E-state index >= 15 is 0 Å². The highest BCUT2D eigenvalue weighted by Crippen LogP contribution is 2.27. The number of hydrogen-bond donors (Lipinski definition) is 0. The van der Waals surface area contributed by atoms with Crippen molar-refractivity contribution < 1.29 is 14.3 Å². The van der Waals surface area contributed by atoms with E-state index < -0.39 is 0 Å². The number of rotatable bonds is 4. The largest absolute Gasteiger partial charge is 0.497 e. The first kappa shape index (κ1) is 13.8. The number of aromatic nitrogens is 2. The van der Waals surface area contributed by atoms with Crippen molar-refractivity contribution in [3.63, 3.8) is 0 Å². The normalized spacial score (nSPS) is 18.7. The average molecular weight is 286 g/mol. The fraction of sp³-hybridized carbons (Fsp3) is 0.438. The Morgan fingerprint density at radius 1 is 1.29 bits per heavy atom. The molecule has 1 atom stereocenters. The molecule has 1 aromatic heterocycles. The zero-order valence-corrected chi connectivity index (χ0v) is 12.0. The summed E-state index contributed by atoms with van der Waals surface area (Å²) in [6.07, 6.45) is 5.16. The Morgan fingerprint density at radius 2 is 2.19 bits per heavy atom. The minimum absolute atomic E-state index is 0.00521. The van der Waals surface area contributed by atoms with Gasteiger partial charge in [0.05, 0.1) is 30.5 Å². The molecule has 1 aliphatic rings. The molecule has 0 aliphatic heterocycles. The zero-order chi connectivity index (χ0) is 14.7. The third-order valence-corrected chi connectivity index (χ3v) is 3.91. The number of ketones is 1. The van der Waals surface area contributed by atoms with E-state index in [-0.39, 0.29) is 5.92 Å². The van der Waals surface area contributed by atoms with Crippen LogP contribution in [0.25, 0.3) is 10.9 Å². The van der Waals surface area contributed by atoms with Crippen LogP contribution in [-0.2, 0) is 4.79 Å². The van der Waals surface area contributed by atoms with E-state index in [4.69, 9.17) is 9.47 Å². The van der Waals surface area contributed by atoms with Crippen LogP contribution >= 0.6 is 0 Å². The Balaban J connectivity index is 1.81. The van der Waals surface area contributed by atoms with Crippen LogP contribution in [0.1, 0.15) is 25.7 Å². The van der Waals surface area contributed by atoms with Gasteiger partial charge in [-0.15, -0.1) is 0 Å². The molecule has 5 heteroatoms. The second kappa shape index (κ2) is 6.08. The number of fused-ring (bicyclic) bond motifs is 1. The summed E-state index contributed by atoms with van der Waals surface area (Å²) in [5.41, 5.74) is 0.802. The minimum atomic E-state index is -0.00521. The van der Waals surface area contributed by atoms with E-state index in [0.717, 1.165) is 35.9 Å². The highest BCUT2D eigenvalue weighted by molar-refractivity contribution is 5.85. The number of Topliss-reactive ketones (excluding diaryl/α,β-unsaturated/α-hetero) is 1. The molecule has 0 saturated heterocycles. The van der Waals surface area contributed by atoms with Crippen LogP contribution in [-0.4, -0.2) is 29.5 Å². The van der Waals surface area contributed by atoms with Gasteiger partial charge in [0, 0.05) is 6.42 Å². The van der Waals surface area contributed by atoms with Crippen molar-refractivity contribution in [1.82, 2.24) is 9.97 Å². The molecule has 0 spiro atoms. The molecule has 0 amide bonds. The Morgan fingerprint density at radius 3 is 3.00 bits per heavy atom. The first-order chi connectivity index (χ1) is 10.3. The van der Waals surface area contributed by atoms with Gasteiger partial charge in [-0.05, 0) is 31.0 Å². The SMILES string of the molecule is COc1ccc2ncnc(OCC3CCCCC3=O)c2c1. The third-order valence-electron chi connectivity index (χ3n) is 3.91. The highest BCUT2D eigenvalue weighted by Gasteiger charge is 2.23. The molecule has 0 N–H and O–H groups in total. The Hall–Kier alpha value is -2.17.